The number of carbonyl (C=O) groups is 2. The standard InChI is InChI=1S/C14H23N7O6S/c1-21-12-9(6-17-21)10(20-27-28(24,25)26)7-16-11(12)14(23)19-18-13(22)8-2-4-15-5-3-8/h6,8,10-11,15-16,20H,2-5,7H2,1H3,(H,18,22)(H,19,23)(H,24,25,26)/t10-,11-/m0/s1. The molecule has 1 aromatic rings. The summed E-state index contributed by atoms with van der Waals surface area (Å²) in [5, 5.41) is 10.2. The van der Waals surface area contributed by atoms with Crippen LogP contribution in [0.2, 0.25) is 0 Å². The van der Waals surface area contributed by atoms with Crippen LogP contribution in [-0.4, -0.2) is 54.2 Å². The Bertz CT molecular complexity index is 835. The van der Waals surface area contributed by atoms with E-state index in [4.69, 9.17) is 4.55 Å². The number of aryl methyl sites for hydroxylation is 1. The van der Waals surface area contributed by atoms with Gasteiger partial charge in [0.2, 0.25) is 5.91 Å². The van der Waals surface area contributed by atoms with Crippen LogP contribution in [0, 0.1) is 5.92 Å². The van der Waals surface area contributed by atoms with Crippen molar-refractivity contribution in [2.45, 2.75) is 24.9 Å². The predicted molar refractivity (Wildman–Crippen MR) is 94.3 cm³/mol. The number of aromatic nitrogens is 2. The van der Waals surface area contributed by atoms with Crippen molar-refractivity contribution in [2.75, 3.05) is 19.6 Å². The van der Waals surface area contributed by atoms with E-state index in [0.29, 0.717) is 24.1 Å². The molecule has 2 atom stereocenters. The van der Waals surface area contributed by atoms with Crippen molar-refractivity contribution < 1.29 is 26.8 Å². The zero-order valence-electron chi connectivity index (χ0n) is 15.1. The highest BCUT2D eigenvalue weighted by atomic mass is 32.3. The quantitative estimate of drug-likeness (QED) is 0.223. The van der Waals surface area contributed by atoms with Crippen LogP contribution in [0.15, 0.2) is 6.20 Å². The number of nitrogens with one attached hydrogen (secondary N) is 5. The Morgan fingerprint density at radius 2 is 1.96 bits per heavy atom. The first-order chi connectivity index (χ1) is 13.3. The van der Waals surface area contributed by atoms with Gasteiger partial charge in [0, 0.05) is 25.1 Å². The molecule has 2 aliphatic heterocycles. The molecule has 3 rings (SSSR count). The first-order valence-electron chi connectivity index (χ1n) is 8.73. The number of fused-ring (bicyclic) bond motifs is 1. The smallest absolute Gasteiger partial charge is 0.317 e. The van der Waals surface area contributed by atoms with Crippen LogP contribution >= 0.6 is 0 Å². The molecule has 1 saturated heterocycles. The second-order valence-electron chi connectivity index (χ2n) is 6.63. The molecule has 13 nitrogen and oxygen atoms in total. The zero-order valence-corrected chi connectivity index (χ0v) is 16.0. The van der Waals surface area contributed by atoms with Crippen molar-refractivity contribution >= 4 is 22.2 Å². The monoisotopic (exact) mass is 417 g/mol. The molecule has 28 heavy (non-hydrogen) atoms. The van der Waals surface area contributed by atoms with E-state index in [-0.39, 0.29) is 18.4 Å². The topological polar surface area (TPSA) is 176 Å². The van der Waals surface area contributed by atoms with Gasteiger partial charge in [-0.25, -0.2) is 0 Å². The van der Waals surface area contributed by atoms with Gasteiger partial charge in [0.15, 0.2) is 0 Å². The fourth-order valence-corrected chi connectivity index (χ4v) is 3.59. The SMILES string of the molecule is Cn1ncc2c1[C@@H](C(=O)NNC(=O)C1CCNCC1)NC[C@@H]2NOS(=O)(=O)O. The lowest BCUT2D eigenvalue weighted by atomic mass is 9.97. The van der Waals surface area contributed by atoms with E-state index in [1.54, 1.807) is 7.05 Å². The molecule has 0 radical (unpaired) electrons. The zero-order chi connectivity index (χ0) is 20.3. The third-order valence-corrected chi connectivity index (χ3v) is 5.07. The summed E-state index contributed by atoms with van der Waals surface area (Å²) in [6.07, 6.45) is 2.88. The molecule has 0 saturated carbocycles. The number of hydroxylamine groups is 1. The van der Waals surface area contributed by atoms with E-state index in [2.05, 4.69) is 36.3 Å². The first-order valence-corrected chi connectivity index (χ1v) is 10.1. The van der Waals surface area contributed by atoms with Crippen LogP contribution in [0.3, 0.4) is 0 Å². The molecule has 0 unspecified atom stereocenters. The Balaban J connectivity index is 1.64. The van der Waals surface area contributed by atoms with E-state index in [1.165, 1.54) is 10.9 Å². The molecule has 14 heteroatoms. The maximum absolute atomic E-state index is 12.6. The second-order valence-corrected chi connectivity index (χ2v) is 7.66. The van der Waals surface area contributed by atoms with E-state index >= 15 is 0 Å². The van der Waals surface area contributed by atoms with Crippen LogP contribution in [0.25, 0.3) is 0 Å². The van der Waals surface area contributed by atoms with Gasteiger partial charge in [-0.1, -0.05) is 0 Å². The van der Waals surface area contributed by atoms with Crippen molar-refractivity contribution in [1.29, 1.82) is 0 Å². The van der Waals surface area contributed by atoms with Gasteiger partial charge in [-0.2, -0.15) is 23.3 Å². The number of hydrogen-bond donors (Lipinski definition) is 6. The van der Waals surface area contributed by atoms with Crippen LogP contribution < -0.4 is 27.0 Å². The lowest BCUT2D eigenvalue weighted by Gasteiger charge is -2.30. The summed E-state index contributed by atoms with van der Waals surface area (Å²) in [6.45, 7) is 1.64. The van der Waals surface area contributed by atoms with E-state index in [9.17, 15) is 18.0 Å². The summed E-state index contributed by atoms with van der Waals surface area (Å²) in [4.78, 5) is 24.8. The average molecular weight is 417 g/mol. The number of nitrogens with zero attached hydrogens (tertiary/aromatic N) is 2. The Morgan fingerprint density at radius 1 is 1.29 bits per heavy atom. The van der Waals surface area contributed by atoms with Gasteiger partial charge < -0.3 is 5.32 Å². The van der Waals surface area contributed by atoms with E-state index in [1.807, 2.05) is 0 Å². The lowest BCUT2D eigenvalue weighted by Crippen LogP contribution is -2.52. The first kappa shape index (κ1) is 20.6. The van der Waals surface area contributed by atoms with Gasteiger partial charge in [0.05, 0.1) is 17.9 Å². The maximum atomic E-state index is 12.6. The van der Waals surface area contributed by atoms with Gasteiger partial charge >= 0.3 is 10.4 Å². The van der Waals surface area contributed by atoms with Crippen molar-refractivity contribution in [2.24, 2.45) is 13.0 Å². The molecule has 0 aromatic carbocycles. The van der Waals surface area contributed by atoms with E-state index < -0.39 is 28.4 Å². The Kier molecular flexibility index (Phi) is 6.26. The summed E-state index contributed by atoms with van der Waals surface area (Å²) in [7, 11) is -3.05. The molecule has 1 fully saturated rings. The lowest BCUT2D eigenvalue weighted by molar-refractivity contribution is -0.132. The summed E-state index contributed by atoms with van der Waals surface area (Å²) in [6, 6.07) is -1.49. The predicted octanol–water partition coefficient (Wildman–Crippen LogP) is -2.42. The van der Waals surface area contributed by atoms with Gasteiger partial charge in [0.1, 0.15) is 6.04 Å². The normalized spacial score (nSPS) is 23.1. The summed E-state index contributed by atoms with van der Waals surface area (Å²) < 4.78 is 35.9. The van der Waals surface area contributed by atoms with Crippen LogP contribution in [0.1, 0.15) is 36.2 Å². The Hall–Kier alpha value is -2.10. The minimum Gasteiger partial charge on any atom is -0.317 e. The molecule has 0 aliphatic carbocycles. The Labute approximate surface area is 161 Å². The molecule has 0 bridgehead atoms. The van der Waals surface area contributed by atoms with Crippen molar-refractivity contribution in [1.82, 2.24) is 36.7 Å². The van der Waals surface area contributed by atoms with Crippen LogP contribution in [0.5, 0.6) is 0 Å². The second kappa shape index (κ2) is 8.50. The third kappa shape index (κ3) is 4.84. The minimum absolute atomic E-state index is 0.120. The molecule has 0 spiro atoms. The average Bonchev–Trinajstić information content (AvgIpc) is 3.06. The fraction of sp³-hybridized carbons (Fsp3) is 0.643. The summed E-state index contributed by atoms with van der Waals surface area (Å²) >= 11 is 0. The number of hydrogen-bond acceptors (Lipinski definition) is 9. The van der Waals surface area contributed by atoms with Crippen molar-refractivity contribution in [3.05, 3.63) is 17.5 Å². The highest BCUT2D eigenvalue weighted by Gasteiger charge is 2.35. The van der Waals surface area contributed by atoms with Gasteiger partial charge in [-0.15, -0.1) is 0 Å². The van der Waals surface area contributed by atoms with Crippen LogP contribution in [-0.2, 0) is 31.3 Å². The van der Waals surface area contributed by atoms with Crippen molar-refractivity contribution in [3.8, 4) is 0 Å². The maximum Gasteiger partial charge on any atom is 0.413 e. The number of piperidine rings is 1. The number of hydrazine groups is 1. The number of rotatable bonds is 5. The third-order valence-electron chi connectivity index (χ3n) is 4.77. The highest BCUT2D eigenvalue weighted by molar-refractivity contribution is 7.80. The fourth-order valence-electron chi connectivity index (χ4n) is 3.35. The molecular weight excluding hydrogens is 394 g/mol. The molecule has 3 heterocycles. The van der Waals surface area contributed by atoms with Gasteiger partial charge in [-0.05, 0) is 25.9 Å². The highest BCUT2D eigenvalue weighted by Crippen LogP contribution is 2.28. The Morgan fingerprint density at radius 3 is 2.64 bits per heavy atom. The molecule has 1 aromatic heterocycles. The molecule has 6 N–H and O–H groups in total. The molecular formula is C14H23N7O6S. The van der Waals surface area contributed by atoms with Gasteiger partial charge in [-0.3, -0.25) is 35.0 Å². The molecule has 2 aliphatic rings. The van der Waals surface area contributed by atoms with Gasteiger partial charge in [0.25, 0.3) is 5.91 Å². The largest absolute Gasteiger partial charge is 0.413 e. The van der Waals surface area contributed by atoms with Crippen LogP contribution in [0.4, 0.5) is 0 Å². The minimum atomic E-state index is -4.68. The van der Waals surface area contributed by atoms with E-state index in [0.717, 1.165) is 13.1 Å². The number of carbonyl (C=O) groups excluding carboxylic acids is 2. The molecule has 156 valence electrons. The molecule has 2 amide bonds. The number of amides is 2. The summed E-state index contributed by atoms with van der Waals surface area (Å²) in [5.41, 5.74) is 8.10. The summed E-state index contributed by atoms with van der Waals surface area (Å²) in [5.74, 6) is -0.877. The van der Waals surface area contributed by atoms with Crippen molar-refractivity contribution in [3.63, 3.8) is 0 Å².